The Hall–Kier alpha value is -2.63. The van der Waals surface area contributed by atoms with Crippen LogP contribution in [0.25, 0.3) is 0 Å². The topological polar surface area (TPSA) is 67.3 Å². The summed E-state index contributed by atoms with van der Waals surface area (Å²) in [6, 6.07) is 8.26. The number of ether oxygens (including phenoxy) is 1. The molecule has 1 fully saturated rings. The summed E-state index contributed by atoms with van der Waals surface area (Å²) in [6.07, 6.45) is 6.45. The molecule has 1 aliphatic heterocycles. The normalized spacial score (nSPS) is 15.3. The van der Waals surface area contributed by atoms with Gasteiger partial charge in [0, 0.05) is 43.3 Å². The number of benzene rings is 1. The molecule has 1 aliphatic rings. The van der Waals surface area contributed by atoms with Gasteiger partial charge in [-0.05, 0) is 25.0 Å². The Balaban J connectivity index is 1.55. The van der Waals surface area contributed by atoms with Crippen LogP contribution in [0.5, 0.6) is 5.75 Å². The van der Waals surface area contributed by atoms with Crippen molar-refractivity contribution in [3.8, 4) is 5.75 Å². The van der Waals surface area contributed by atoms with Crippen molar-refractivity contribution >= 4 is 11.6 Å². The summed E-state index contributed by atoms with van der Waals surface area (Å²) in [5.74, 6) is 0.795. The van der Waals surface area contributed by atoms with Crippen LogP contribution in [0.1, 0.15) is 23.3 Å². The van der Waals surface area contributed by atoms with Crippen molar-refractivity contribution < 1.29 is 9.53 Å². The van der Waals surface area contributed by atoms with Crippen LogP contribution in [-0.4, -0.2) is 47.0 Å². The molecule has 1 saturated heterocycles. The van der Waals surface area contributed by atoms with Gasteiger partial charge in [-0.15, -0.1) is 0 Å². The molecule has 0 unspecified atom stereocenters. The Morgan fingerprint density at radius 3 is 2.83 bits per heavy atom. The predicted molar refractivity (Wildman–Crippen MR) is 87.6 cm³/mol. The monoisotopic (exact) mass is 312 g/mol. The number of carbonyl (C=O) groups is 1. The second-order valence-corrected chi connectivity index (χ2v) is 5.53. The van der Waals surface area contributed by atoms with Crippen LogP contribution < -0.4 is 10.1 Å². The molecule has 1 aromatic carbocycles. The molecule has 6 heteroatoms. The highest BCUT2D eigenvalue weighted by molar-refractivity contribution is 5.92. The Labute approximate surface area is 135 Å². The first kappa shape index (κ1) is 15.3. The third kappa shape index (κ3) is 3.77. The molecule has 2 heterocycles. The second kappa shape index (κ2) is 7.09. The molecule has 1 amide bonds. The van der Waals surface area contributed by atoms with Crippen molar-refractivity contribution in [3.63, 3.8) is 0 Å². The Bertz CT molecular complexity index is 655. The van der Waals surface area contributed by atoms with Crippen molar-refractivity contribution in [3.05, 3.63) is 48.5 Å². The fraction of sp³-hybridized carbons (Fsp3) is 0.353. The second-order valence-electron chi connectivity index (χ2n) is 5.53. The molecule has 3 rings (SSSR count). The lowest BCUT2D eigenvalue weighted by Crippen LogP contribution is -2.42. The van der Waals surface area contributed by atoms with Crippen LogP contribution in [0.2, 0.25) is 0 Å². The number of carbonyl (C=O) groups excluding carboxylic acids is 1. The fourth-order valence-corrected chi connectivity index (χ4v) is 2.75. The first-order valence-electron chi connectivity index (χ1n) is 7.72. The van der Waals surface area contributed by atoms with E-state index in [1.807, 2.05) is 29.2 Å². The number of methoxy groups -OCH3 is 1. The van der Waals surface area contributed by atoms with Crippen molar-refractivity contribution in [2.45, 2.75) is 18.9 Å². The molecule has 0 saturated carbocycles. The predicted octanol–water partition coefficient (Wildman–Crippen LogP) is 2.20. The zero-order valence-corrected chi connectivity index (χ0v) is 13.1. The van der Waals surface area contributed by atoms with Crippen LogP contribution in [0.4, 0.5) is 5.69 Å². The van der Waals surface area contributed by atoms with Gasteiger partial charge < -0.3 is 15.0 Å². The summed E-state index contributed by atoms with van der Waals surface area (Å²) >= 11 is 0. The maximum absolute atomic E-state index is 12.3. The van der Waals surface area contributed by atoms with Crippen molar-refractivity contribution in [1.82, 2.24) is 14.9 Å². The van der Waals surface area contributed by atoms with Gasteiger partial charge in [-0.25, -0.2) is 4.98 Å². The highest BCUT2D eigenvalue weighted by Gasteiger charge is 2.24. The summed E-state index contributed by atoms with van der Waals surface area (Å²) in [5, 5.41) is 3.51. The van der Waals surface area contributed by atoms with E-state index in [9.17, 15) is 4.79 Å². The lowest BCUT2D eigenvalue weighted by Gasteiger charge is -2.32. The number of rotatable bonds is 4. The number of amides is 1. The van der Waals surface area contributed by atoms with Crippen LogP contribution in [0.3, 0.4) is 0 Å². The minimum Gasteiger partial charge on any atom is -0.497 e. The first-order valence-corrected chi connectivity index (χ1v) is 7.72. The molecule has 0 aliphatic carbocycles. The smallest absolute Gasteiger partial charge is 0.274 e. The highest BCUT2D eigenvalue weighted by atomic mass is 16.5. The lowest BCUT2D eigenvalue weighted by atomic mass is 10.0. The summed E-state index contributed by atoms with van der Waals surface area (Å²) in [5.41, 5.74) is 1.45. The lowest BCUT2D eigenvalue weighted by molar-refractivity contribution is 0.0712. The Kier molecular flexibility index (Phi) is 4.71. The van der Waals surface area contributed by atoms with Gasteiger partial charge in [0.1, 0.15) is 11.4 Å². The molecule has 0 atom stereocenters. The van der Waals surface area contributed by atoms with Gasteiger partial charge >= 0.3 is 0 Å². The van der Waals surface area contributed by atoms with Gasteiger partial charge in [0.2, 0.25) is 0 Å². The first-order chi connectivity index (χ1) is 11.3. The molecule has 23 heavy (non-hydrogen) atoms. The highest BCUT2D eigenvalue weighted by Crippen LogP contribution is 2.21. The number of hydrogen-bond donors (Lipinski definition) is 1. The van der Waals surface area contributed by atoms with E-state index in [1.165, 1.54) is 6.20 Å². The zero-order chi connectivity index (χ0) is 16.1. The van der Waals surface area contributed by atoms with Crippen LogP contribution in [0, 0.1) is 0 Å². The van der Waals surface area contributed by atoms with Gasteiger partial charge in [0.25, 0.3) is 5.91 Å². The van der Waals surface area contributed by atoms with E-state index in [4.69, 9.17) is 4.74 Å². The van der Waals surface area contributed by atoms with Crippen LogP contribution in [-0.2, 0) is 0 Å². The largest absolute Gasteiger partial charge is 0.497 e. The number of hydrogen-bond acceptors (Lipinski definition) is 5. The number of piperidine rings is 1. The number of nitrogens with zero attached hydrogens (tertiary/aromatic N) is 3. The van der Waals surface area contributed by atoms with E-state index in [0.29, 0.717) is 11.7 Å². The average molecular weight is 312 g/mol. The van der Waals surface area contributed by atoms with E-state index >= 15 is 0 Å². The molecule has 1 aromatic heterocycles. The van der Waals surface area contributed by atoms with E-state index in [0.717, 1.165) is 37.4 Å². The maximum Gasteiger partial charge on any atom is 0.274 e. The number of nitrogens with one attached hydrogen (secondary N) is 1. The average Bonchev–Trinajstić information content (AvgIpc) is 2.63. The molecule has 0 spiro atoms. The minimum atomic E-state index is -0.0436. The fourth-order valence-electron chi connectivity index (χ4n) is 2.75. The molecule has 0 bridgehead atoms. The molecule has 6 nitrogen and oxygen atoms in total. The van der Waals surface area contributed by atoms with Gasteiger partial charge in [-0.1, -0.05) is 6.07 Å². The third-order valence-corrected chi connectivity index (χ3v) is 4.00. The quantitative estimate of drug-likeness (QED) is 0.937. The van der Waals surface area contributed by atoms with E-state index in [-0.39, 0.29) is 5.91 Å². The van der Waals surface area contributed by atoms with Crippen LogP contribution in [0.15, 0.2) is 42.9 Å². The van der Waals surface area contributed by atoms with Crippen LogP contribution >= 0.6 is 0 Å². The number of anilines is 1. The Morgan fingerprint density at radius 1 is 1.30 bits per heavy atom. The van der Waals surface area contributed by atoms with Crippen molar-refractivity contribution in [2.75, 3.05) is 25.5 Å². The summed E-state index contributed by atoms with van der Waals surface area (Å²) in [4.78, 5) is 22.2. The Morgan fingerprint density at radius 2 is 2.13 bits per heavy atom. The molecule has 1 N–H and O–H groups in total. The molecular formula is C17H20N4O2. The molecule has 120 valence electrons. The zero-order valence-electron chi connectivity index (χ0n) is 13.1. The van der Waals surface area contributed by atoms with Gasteiger partial charge in [-0.3, -0.25) is 9.78 Å². The van der Waals surface area contributed by atoms with E-state index in [1.54, 1.807) is 19.5 Å². The standard InChI is InChI=1S/C17H20N4O2/c1-23-15-4-2-3-14(11-15)20-13-5-9-21(10-6-13)17(22)16-12-18-7-8-19-16/h2-4,7-8,11-13,20H,5-6,9-10H2,1H3. The SMILES string of the molecule is COc1cccc(NC2CCN(C(=O)c3cnccn3)CC2)c1. The van der Waals surface area contributed by atoms with E-state index < -0.39 is 0 Å². The number of likely N-dealkylation sites (tertiary alicyclic amines) is 1. The van der Waals surface area contributed by atoms with Gasteiger partial charge in [-0.2, -0.15) is 0 Å². The van der Waals surface area contributed by atoms with Crippen molar-refractivity contribution in [2.24, 2.45) is 0 Å². The van der Waals surface area contributed by atoms with Crippen molar-refractivity contribution in [1.29, 1.82) is 0 Å². The van der Waals surface area contributed by atoms with E-state index in [2.05, 4.69) is 15.3 Å². The summed E-state index contributed by atoms with van der Waals surface area (Å²) in [7, 11) is 1.66. The number of aromatic nitrogens is 2. The third-order valence-electron chi connectivity index (χ3n) is 4.00. The minimum absolute atomic E-state index is 0.0436. The summed E-state index contributed by atoms with van der Waals surface area (Å²) in [6.45, 7) is 1.44. The molecular weight excluding hydrogens is 292 g/mol. The maximum atomic E-state index is 12.3. The molecule has 0 radical (unpaired) electrons. The summed E-state index contributed by atoms with van der Waals surface area (Å²) < 4.78 is 5.24. The van der Waals surface area contributed by atoms with Gasteiger partial charge in [0.15, 0.2) is 0 Å². The van der Waals surface area contributed by atoms with Gasteiger partial charge in [0.05, 0.1) is 13.3 Å². The molecule has 2 aromatic rings.